The molecule has 4 aromatic rings. The molecule has 3 heterocycles. The lowest BCUT2D eigenvalue weighted by Gasteiger charge is -2.01. The van der Waals surface area contributed by atoms with Crippen molar-refractivity contribution in [1.82, 2.24) is 19.7 Å². The van der Waals surface area contributed by atoms with Crippen molar-refractivity contribution in [1.29, 1.82) is 0 Å². The summed E-state index contributed by atoms with van der Waals surface area (Å²) in [5, 5.41) is 9.20. The van der Waals surface area contributed by atoms with E-state index in [9.17, 15) is 9.18 Å². The van der Waals surface area contributed by atoms with Crippen LogP contribution < -0.4 is 14.8 Å². The van der Waals surface area contributed by atoms with Crippen LogP contribution in [0.1, 0.15) is 16.4 Å². The maximum atomic E-state index is 13.1. The summed E-state index contributed by atoms with van der Waals surface area (Å²) < 4.78 is 25.3. The van der Waals surface area contributed by atoms with Gasteiger partial charge in [0, 0.05) is 10.9 Å². The zero-order valence-electron chi connectivity index (χ0n) is 15.6. The first kappa shape index (κ1) is 18.3. The summed E-state index contributed by atoms with van der Waals surface area (Å²) in [5.74, 6) is 1.03. The largest absolute Gasteiger partial charge is 0.454 e. The first-order valence-electron chi connectivity index (χ1n) is 8.93. The lowest BCUT2D eigenvalue weighted by Crippen LogP contribution is -2.14. The Hall–Kier alpha value is -3.79. The van der Waals surface area contributed by atoms with Gasteiger partial charge in [0.25, 0.3) is 5.91 Å². The summed E-state index contributed by atoms with van der Waals surface area (Å²) >= 11 is 1.29. The molecule has 1 aliphatic heterocycles. The van der Waals surface area contributed by atoms with Gasteiger partial charge in [0.1, 0.15) is 11.6 Å². The molecule has 0 fully saturated rings. The van der Waals surface area contributed by atoms with E-state index in [1.54, 1.807) is 19.1 Å². The summed E-state index contributed by atoms with van der Waals surface area (Å²) in [6, 6.07) is 11.3. The van der Waals surface area contributed by atoms with Crippen molar-refractivity contribution in [3.63, 3.8) is 0 Å². The van der Waals surface area contributed by atoms with Crippen molar-refractivity contribution in [3.05, 3.63) is 65.3 Å². The second kappa shape index (κ2) is 7.23. The number of amides is 1. The number of anilines is 1. The van der Waals surface area contributed by atoms with Gasteiger partial charge >= 0.3 is 0 Å². The number of rotatable bonds is 4. The van der Waals surface area contributed by atoms with E-state index in [1.165, 1.54) is 28.2 Å². The SMILES string of the molecule is Cc1nc(C(=O)Nc2nc(-c3ccc4c(c3)OCO4)cs2)nn1-c1ccc(F)cc1. The van der Waals surface area contributed by atoms with Crippen molar-refractivity contribution in [3.8, 4) is 28.4 Å². The Balaban J connectivity index is 1.34. The molecule has 5 rings (SSSR count). The number of carbonyl (C=O) groups is 1. The van der Waals surface area contributed by atoms with Crippen LogP contribution >= 0.6 is 11.3 Å². The number of hydrogen-bond donors (Lipinski definition) is 1. The molecule has 1 N–H and O–H groups in total. The smallest absolute Gasteiger partial charge is 0.297 e. The summed E-state index contributed by atoms with van der Waals surface area (Å²) in [7, 11) is 0. The number of hydrogen-bond acceptors (Lipinski definition) is 7. The standard InChI is InChI=1S/C20H14FN5O3S/c1-11-22-18(25-26(11)14-5-3-13(21)4-6-14)19(27)24-20-23-15(9-30-20)12-2-7-16-17(8-12)29-10-28-16/h2-9H,10H2,1H3,(H,23,24,27). The highest BCUT2D eigenvalue weighted by Gasteiger charge is 2.18. The number of thiazole rings is 1. The van der Waals surface area contributed by atoms with Gasteiger partial charge in [-0.2, -0.15) is 0 Å². The molecule has 8 nitrogen and oxygen atoms in total. The fourth-order valence-electron chi connectivity index (χ4n) is 2.99. The highest BCUT2D eigenvalue weighted by atomic mass is 32.1. The number of fused-ring (bicyclic) bond motifs is 1. The Morgan fingerprint density at radius 3 is 2.77 bits per heavy atom. The van der Waals surface area contributed by atoms with Crippen LogP contribution in [0.4, 0.5) is 9.52 Å². The van der Waals surface area contributed by atoms with E-state index in [2.05, 4.69) is 20.4 Å². The Labute approximate surface area is 173 Å². The van der Waals surface area contributed by atoms with Crippen LogP contribution in [0.15, 0.2) is 47.8 Å². The van der Waals surface area contributed by atoms with Crippen LogP contribution in [-0.4, -0.2) is 32.4 Å². The predicted molar refractivity (Wildman–Crippen MR) is 108 cm³/mol. The number of nitrogens with one attached hydrogen (secondary N) is 1. The molecule has 10 heteroatoms. The van der Waals surface area contributed by atoms with Crippen molar-refractivity contribution >= 4 is 22.4 Å². The first-order chi connectivity index (χ1) is 14.6. The van der Waals surface area contributed by atoms with E-state index in [1.807, 2.05) is 23.6 Å². The third-order valence-electron chi connectivity index (χ3n) is 4.44. The lowest BCUT2D eigenvalue weighted by molar-refractivity contribution is 0.101. The zero-order valence-corrected chi connectivity index (χ0v) is 16.4. The molecule has 0 saturated carbocycles. The Kier molecular flexibility index (Phi) is 4.40. The maximum Gasteiger partial charge on any atom is 0.297 e. The summed E-state index contributed by atoms with van der Waals surface area (Å²) in [5.41, 5.74) is 2.17. The zero-order chi connectivity index (χ0) is 20.7. The fourth-order valence-corrected chi connectivity index (χ4v) is 3.70. The average Bonchev–Trinajstić information content (AvgIpc) is 3.47. The minimum Gasteiger partial charge on any atom is -0.454 e. The lowest BCUT2D eigenvalue weighted by atomic mass is 10.1. The molecule has 150 valence electrons. The molecule has 0 saturated heterocycles. The van der Waals surface area contributed by atoms with Crippen molar-refractivity contribution in [2.45, 2.75) is 6.92 Å². The van der Waals surface area contributed by atoms with Gasteiger partial charge in [-0.15, -0.1) is 16.4 Å². The Morgan fingerprint density at radius 2 is 1.93 bits per heavy atom. The molecule has 0 spiro atoms. The van der Waals surface area contributed by atoms with E-state index in [0.717, 1.165) is 5.56 Å². The van der Waals surface area contributed by atoms with Crippen LogP contribution in [0.25, 0.3) is 16.9 Å². The molecule has 0 atom stereocenters. The molecule has 2 aromatic carbocycles. The maximum absolute atomic E-state index is 13.1. The summed E-state index contributed by atoms with van der Waals surface area (Å²) in [4.78, 5) is 21.2. The molecule has 1 aliphatic rings. The normalized spacial score (nSPS) is 12.2. The predicted octanol–water partition coefficient (Wildman–Crippen LogP) is 3.82. The van der Waals surface area contributed by atoms with Gasteiger partial charge in [-0.25, -0.2) is 19.0 Å². The summed E-state index contributed by atoms with van der Waals surface area (Å²) in [6.45, 7) is 1.92. The molecular formula is C20H14FN5O3S. The second-order valence-electron chi connectivity index (χ2n) is 6.43. The van der Waals surface area contributed by atoms with Gasteiger partial charge in [-0.1, -0.05) is 0 Å². The van der Waals surface area contributed by atoms with Crippen LogP contribution in [-0.2, 0) is 0 Å². The van der Waals surface area contributed by atoms with Crippen molar-refractivity contribution in [2.24, 2.45) is 0 Å². The first-order valence-corrected chi connectivity index (χ1v) is 9.81. The van der Waals surface area contributed by atoms with Crippen LogP contribution in [0.3, 0.4) is 0 Å². The Morgan fingerprint density at radius 1 is 1.13 bits per heavy atom. The highest BCUT2D eigenvalue weighted by molar-refractivity contribution is 7.14. The number of halogens is 1. The van der Waals surface area contributed by atoms with E-state index >= 15 is 0 Å². The monoisotopic (exact) mass is 423 g/mol. The quantitative estimate of drug-likeness (QED) is 0.537. The number of benzene rings is 2. The van der Waals surface area contributed by atoms with Crippen molar-refractivity contribution in [2.75, 3.05) is 12.1 Å². The molecule has 0 bridgehead atoms. The van der Waals surface area contributed by atoms with E-state index < -0.39 is 5.91 Å². The number of carbonyl (C=O) groups excluding carboxylic acids is 1. The van der Waals surface area contributed by atoms with E-state index in [-0.39, 0.29) is 18.4 Å². The van der Waals surface area contributed by atoms with Crippen LogP contribution in [0.2, 0.25) is 0 Å². The highest BCUT2D eigenvalue weighted by Crippen LogP contribution is 2.36. The van der Waals surface area contributed by atoms with Gasteiger partial charge < -0.3 is 9.47 Å². The number of ether oxygens (including phenoxy) is 2. The molecule has 0 radical (unpaired) electrons. The number of aromatic nitrogens is 4. The molecular weight excluding hydrogens is 409 g/mol. The van der Waals surface area contributed by atoms with E-state index in [0.29, 0.717) is 33.8 Å². The Bertz CT molecular complexity index is 1250. The van der Waals surface area contributed by atoms with Crippen LogP contribution in [0.5, 0.6) is 11.5 Å². The molecule has 0 unspecified atom stereocenters. The van der Waals surface area contributed by atoms with Gasteiger partial charge in [0.2, 0.25) is 12.6 Å². The van der Waals surface area contributed by atoms with Gasteiger partial charge in [-0.3, -0.25) is 10.1 Å². The minimum atomic E-state index is -0.481. The molecule has 0 aliphatic carbocycles. The van der Waals surface area contributed by atoms with Crippen LogP contribution in [0, 0.1) is 12.7 Å². The number of aryl methyl sites for hydroxylation is 1. The van der Waals surface area contributed by atoms with Gasteiger partial charge in [-0.05, 0) is 49.4 Å². The topological polar surface area (TPSA) is 91.2 Å². The van der Waals surface area contributed by atoms with Gasteiger partial charge in [0.15, 0.2) is 16.6 Å². The fraction of sp³-hybridized carbons (Fsp3) is 0.100. The molecule has 1 amide bonds. The molecule has 2 aromatic heterocycles. The second-order valence-corrected chi connectivity index (χ2v) is 7.29. The number of nitrogens with zero attached hydrogens (tertiary/aromatic N) is 4. The minimum absolute atomic E-state index is 0.00310. The average molecular weight is 423 g/mol. The third-order valence-corrected chi connectivity index (χ3v) is 5.19. The summed E-state index contributed by atoms with van der Waals surface area (Å²) in [6.07, 6.45) is 0. The van der Waals surface area contributed by atoms with Gasteiger partial charge in [0.05, 0.1) is 11.4 Å². The van der Waals surface area contributed by atoms with E-state index in [4.69, 9.17) is 9.47 Å². The third kappa shape index (κ3) is 3.37. The molecule has 30 heavy (non-hydrogen) atoms. The van der Waals surface area contributed by atoms with Crippen molar-refractivity contribution < 1.29 is 18.7 Å².